The maximum Gasteiger partial charge on any atom is 0.260 e. The summed E-state index contributed by atoms with van der Waals surface area (Å²) < 4.78 is 11.9. The van der Waals surface area contributed by atoms with E-state index in [1.165, 1.54) is 11.1 Å². The van der Waals surface area contributed by atoms with Crippen molar-refractivity contribution in [1.29, 1.82) is 0 Å². The molecule has 0 unspecified atom stereocenters. The first-order chi connectivity index (χ1) is 14.9. The zero-order valence-electron chi connectivity index (χ0n) is 19.2. The van der Waals surface area contributed by atoms with Crippen molar-refractivity contribution in [2.24, 2.45) is 0 Å². The zero-order valence-corrected chi connectivity index (χ0v) is 20.0. The van der Waals surface area contributed by atoms with E-state index in [9.17, 15) is 4.79 Å². The molecule has 0 N–H and O–H groups in total. The third-order valence-corrected chi connectivity index (χ3v) is 6.65. The third kappa shape index (κ3) is 5.17. The number of ether oxygens (including phenoxy) is 2. The van der Waals surface area contributed by atoms with Crippen molar-refractivity contribution in [3.63, 3.8) is 0 Å². The van der Waals surface area contributed by atoms with Gasteiger partial charge in [0.15, 0.2) is 5.13 Å². The van der Waals surface area contributed by atoms with Gasteiger partial charge in [0.2, 0.25) is 0 Å². The number of aryl methyl sites for hydroxylation is 2. The van der Waals surface area contributed by atoms with Gasteiger partial charge in [-0.15, -0.1) is 0 Å². The topological polar surface area (TPSA) is 54.9 Å². The van der Waals surface area contributed by atoms with Gasteiger partial charge < -0.3 is 14.4 Å². The highest BCUT2D eigenvalue weighted by molar-refractivity contribution is 7.22. The third-order valence-electron chi connectivity index (χ3n) is 5.42. The van der Waals surface area contributed by atoms with Crippen LogP contribution in [-0.2, 0) is 0 Å². The minimum atomic E-state index is -0.113. The molecular weight excluding hydrogens is 410 g/mol. The Morgan fingerprint density at radius 2 is 1.61 bits per heavy atom. The fourth-order valence-corrected chi connectivity index (χ4v) is 4.67. The highest BCUT2D eigenvalue weighted by Gasteiger charge is 2.23. The largest absolute Gasteiger partial charge is 0.497 e. The molecule has 31 heavy (non-hydrogen) atoms. The normalized spacial score (nSPS) is 11.2. The van der Waals surface area contributed by atoms with Crippen molar-refractivity contribution in [2.45, 2.75) is 27.7 Å². The fraction of sp³-hybridized carbons (Fsp3) is 0.417. The molecule has 0 fully saturated rings. The van der Waals surface area contributed by atoms with Crippen LogP contribution in [0.2, 0.25) is 0 Å². The number of carbonyl (C=O) groups excluding carboxylic acids is 1. The van der Waals surface area contributed by atoms with Crippen LogP contribution < -0.4 is 14.4 Å². The van der Waals surface area contributed by atoms with Crippen LogP contribution in [-0.4, -0.2) is 56.2 Å². The molecule has 6 nitrogen and oxygen atoms in total. The Labute approximate surface area is 188 Å². The van der Waals surface area contributed by atoms with E-state index in [2.05, 4.69) is 44.7 Å². The summed E-state index contributed by atoms with van der Waals surface area (Å²) in [5.74, 6) is 1.06. The summed E-state index contributed by atoms with van der Waals surface area (Å²) in [5.41, 5.74) is 3.79. The van der Waals surface area contributed by atoms with Crippen LogP contribution in [0.4, 0.5) is 5.13 Å². The molecular formula is C24H31N3O3S. The maximum atomic E-state index is 13.7. The molecule has 0 saturated heterocycles. The Kier molecular flexibility index (Phi) is 7.51. The van der Waals surface area contributed by atoms with Crippen molar-refractivity contribution in [1.82, 2.24) is 9.88 Å². The number of aromatic nitrogens is 1. The second-order valence-electron chi connectivity index (χ2n) is 7.51. The summed E-state index contributed by atoms with van der Waals surface area (Å²) in [5, 5.41) is 0.711. The minimum absolute atomic E-state index is 0.113. The van der Waals surface area contributed by atoms with E-state index in [0.717, 1.165) is 29.9 Å². The number of rotatable bonds is 9. The van der Waals surface area contributed by atoms with Gasteiger partial charge in [-0.25, -0.2) is 4.98 Å². The number of hydrogen-bond donors (Lipinski definition) is 0. The van der Waals surface area contributed by atoms with Crippen LogP contribution in [0.15, 0.2) is 30.3 Å². The van der Waals surface area contributed by atoms with E-state index in [1.54, 1.807) is 48.7 Å². The molecule has 0 radical (unpaired) electrons. The predicted molar refractivity (Wildman–Crippen MR) is 128 cm³/mol. The molecule has 7 heteroatoms. The van der Waals surface area contributed by atoms with E-state index < -0.39 is 0 Å². The number of fused-ring (bicyclic) bond motifs is 1. The number of hydrogen-bond acceptors (Lipinski definition) is 6. The summed E-state index contributed by atoms with van der Waals surface area (Å²) in [6.45, 7) is 11.6. The van der Waals surface area contributed by atoms with Gasteiger partial charge in [0.25, 0.3) is 5.91 Å². The molecule has 0 aliphatic carbocycles. The van der Waals surface area contributed by atoms with Gasteiger partial charge in [0, 0.05) is 24.7 Å². The lowest BCUT2D eigenvalue weighted by Crippen LogP contribution is -2.38. The predicted octanol–water partition coefficient (Wildman–Crippen LogP) is 4.92. The number of anilines is 1. The summed E-state index contributed by atoms with van der Waals surface area (Å²) >= 11 is 1.56. The molecule has 0 saturated carbocycles. The molecule has 3 rings (SSSR count). The molecule has 1 amide bonds. The van der Waals surface area contributed by atoms with Gasteiger partial charge >= 0.3 is 0 Å². The van der Waals surface area contributed by atoms with E-state index in [1.807, 2.05) is 0 Å². The lowest BCUT2D eigenvalue weighted by Gasteiger charge is -2.25. The first-order valence-corrected chi connectivity index (χ1v) is 11.4. The number of carbonyl (C=O) groups is 1. The number of nitrogens with zero attached hydrogens (tertiary/aromatic N) is 3. The molecule has 1 heterocycles. The molecule has 0 aliphatic heterocycles. The number of thiazole rings is 1. The van der Waals surface area contributed by atoms with Crippen LogP contribution in [0.1, 0.15) is 35.3 Å². The summed E-state index contributed by atoms with van der Waals surface area (Å²) in [7, 11) is 3.17. The number of likely N-dealkylation sites (N-methyl/N-ethyl adjacent to an activating group) is 1. The zero-order chi connectivity index (χ0) is 22.5. The first-order valence-electron chi connectivity index (χ1n) is 10.5. The molecule has 0 aliphatic rings. The molecule has 2 aromatic carbocycles. The minimum Gasteiger partial charge on any atom is -0.497 e. The van der Waals surface area contributed by atoms with E-state index in [0.29, 0.717) is 28.7 Å². The standard InChI is InChI=1S/C24H31N3O3S/c1-7-26(8-2)9-10-27(23(28)18-13-19(29-5)15-20(14-18)30-6)24-25-21-12-16(3)11-17(4)22(21)31-24/h11-15H,7-10H2,1-6H3. The van der Waals surface area contributed by atoms with Crippen molar-refractivity contribution in [3.8, 4) is 11.5 Å². The lowest BCUT2D eigenvalue weighted by molar-refractivity contribution is 0.0983. The van der Waals surface area contributed by atoms with Crippen LogP contribution in [0.3, 0.4) is 0 Å². The molecule has 0 spiro atoms. The molecule has 3 aromatic rings. The van der Waals surface area contributed by atoms with Crippen LogP contribution in [0.25, 0.3) is 10.2 Å². The lowest BCUT2D eigenvalue weighted by atomic mass is 10.1. The Morgan fingerprint density at radius 1 is 0.968 bits per heavy atom. The van der Waals surface area contributed by atoms with Gasteiger partial charge in [-0.05, 0) is 56.3 Å². The van der Waals surface area contributed by atoms with Crippen molar-refractivity contribution >= 4 is 32.6 Å². The summed E-state index contributed by atoms with van der Waals surface area (Å²) in [6, 6.07) is 9.49. The van der Waals surface area contributed by atoms with Crippen molar-refractivity contribution < 1.29 is 14.3 Å². The monoisotopic (exact) mass is 441 g/mol. The Balaban J connectivity index is 2.04. The first kappa shape index (κ1) is 23.0. The Bertz CT molecular complexity index is 1040. The SMILES string of the molecule is CCN(CC)CCN(C(=O)c1cc(OC)cc(OC)c1)c1nc2cc(C)cc(C)c2s1. The Morgan fingerprint density at radius 3 is 2.19 bits per heavy atom. The molecule has 0 bridgehead atoms. The highest BCUT2D eigenvalue weighted by Crippen LogP contribution is 2.33. The smallest absolute Gasteiger partial charge is 0.260 e. The highest BCUT2D eigenvalue weighted by atomic mass is 32.1. The quantitative estimate of drug-likeness (QED) is 0.472. The van der Waals surface area contributed by atoms with Gasteiger partial charge in [-0.3, -0.25) is 9.69 Å². The molecule has 1 aromatic heterocycles. The van der Waals surface area contributed by atoms with Crippen molar-refractivity contribution in [2.75, 3.05) is 45.3 Å². The number of amides is 1. The average molecular weight is 442 g/mol. The van der Waals surface area contributed by atoms with E-state index in [-0.39, 0.29) is 5.91 Å². The van der Waals surface area contributed by atoms with Crippen LogP contribution >= 0.6 is 11.3 Å². The van der Waals surface area contributed by atoms with E-state index in [4.69, 9.17) is 14.5 Å². The van der Waals surface area contributed by atoms with E-state index >= 15 is 0 Å². The van der Waals surface area contributed by atoms with Crippen LogP contribution in [0, 0.1) is 13.8 Å². The van der Waals surface area contributed by atoms with Gasteiger partial charge in [-0.2, -0.15) is 0 Å². The summed E-state index contributed by atoms with van der Waals surface area (Å²) in [6.07, 6.45) is 0. The van der Waals surface area contributed by atoms with Gasteiger partial charge in [-0.1, -0.05) is 31.3 Å². The molecule has 166 valence electrons. The Hall–Kier alpha value is -2.64. The number of benzene rings is 2. The second-order valence-corrected chi connectivity index (χ2v) is 8.49. The fourth-order valence-electron chi connectivity index (χ4n) is 3.63. The number of methoxy groups -OCH3 is 2. The van der Waals surface area contributed by atoms with Crippen LogP contribution in [0.5, 0.6) is 11.5 Å². The second kappa shape index (κ2) is 10.1. The van der Waals surface area contributed by atoms with Gasteiger partial charge in [0.05, 0.1) is 24.4 Å². The summed E-state index contributed by atoms with van der Waals surface area (Å²) in [4.78, 5) is 22.6. The van der Waals surface area contributed by atoms with Crippen molar-refractivity contribution in [3.05, 3.63) is 47.0 Å². The van der Waals surface area contributed by atoms with Gasteiger partial charge in [0.1, 0.15) is 11.5 Å². The maximum absolute atomic E-state index is 13.7. The average Bonchev–Trinajstić information content (AvgIpc) is 3.20. The molecule has 0 atom stereocenters.